The van der Waals surface area contributed by atoms with E-state index >= 15 is 0 Å². The fourth-order valence-corrected chi connectivity index (χ4v) is 3.76. The van der Waals surface area contributed by atoms with Crippen LogP contribution in [0.4, 0.5) is 0 Å². The van der Waals surface area contributed by atoms with E-state index in [1.54, 1.807) is 0 Å². The Morgan fingerprint density at radius 3 is 2.74 bits per heavy atom. The number of thiophene rings is 1. The number of rotatable bonds is 4. The van der Waals surface area contributed by atoms with Crippen LogP contribution in [-0.4, -0.2) is 13.4 Å². The molecule has 0 aromatic carbocycles. The Morgan fingerprint density at radius 1 is 1.42 bits per heavy atom. The molecule has 0 aliphatic carbocycles. The summed E-state index contributed by atoms with van der Waals surface area (Å²) in [5.41, 5.74) is 0.181. The number of hydrogen-bond donors (Lipinski definition) is 1. The third-order valence-corrected chi connectivity index (χ3v) is 5.59. The van der Waals surface area contributed by atoms with E-state index in [4.69, 9.17) is 5.26 Å². The zero-order valence-electron chi connectivity index (χ0n) is 9.50. The number of hydrogen-bond acceptors (Lipinski definition) is 5. The molecule has 0 aliphatic rings. The minimum atomic E-state index is -3.61. The minimum Gasteiger partial charge on any atom is -0.244 e. The molecule has 2 rings (SSSR count). The quantitative estimate of drug-likeness (QED) is 0.909. The predicted molar refractivity (Wildman–Crippen MR) is 75.0 cm³/mol. The van der Waals surface area contributed by atoms with Crippen LogP contribution in [0.2, 0.25) is 0 Å². The Bertz CT molecular complexity index is 717. The van der Waals surface area contributed by atoms with Crippen LogP contribution in [-0.2, 0) is 16.6 Å². The fraction of sp³-hybridized carbons (Fsp3) is 0.0909. The van der Waals surface area contributed by atoms with Gasteiger partial charge in [0.2, 0.25) is 10.0 Å². The number of nitrogens with one attached hydrogen (secondary N) is 1. The molecule has 2 heterocycles. The van der Waals surface area contributed by atoms with Crippen LogP contribution >= 0.6 is 27.3 Å². The van der Waals surface area contributed by atoms with Crippen LogP contribution in [0.3, 0.4) is 0 Å². The Morgan fingerprint density at radius 2 is 2.21 bits per heavy atom. The maximum absolute atomic E-state index is 12.0. The molecule has 0 saturated carbocycles. The van der Waals surface area contributed by atoms with E-state index in [-0.39, 0.29) is 17.1 Å². The Labute approximate surface area is 123 Å². The first kappa shape index (κ1) is 14.1. The van der Waals surface area contributed by atoms with E-state index in [1.807, 2.05) is 17.5 Å². The maximum Gasteiger partial charge on any atom is 0.242 e. The van der Waals surface area contributed by atoms with Crippen molar-refractivity contribution in [3.8, 4) is 6.07 Å². The van der Waals surface area contributed by atoms with Crippen LogP contribution in [0, 0.1) is 11.3 Å². The molecule has 2 aromatic rings. The van der Waals surface area contributed by atoms with Gasteiger partial charge in [0.05, 0.1) is 0 Å². The molecule has 5 nitrogen and oxygen atoms in total. The summed E-state index contributed by atoms with van der Waals surface area (Å²) in [4.78, 5) is 4.67. The summed E-state index contributed by atoms with van der Waals surface area (Å²) in [6, 6.07) is 6.42. The molecule has 0 saturated heterocycles. The predicted octanol–water partition coefficient (Wildman–Crippen LogP) is 2.26. The van der Waals surface area contributed by atoms with Crippen LogP contribution in [0.15, 0.2) is 39.1 Å². The molecule has 0 unspecified atom stereocenters. The normalized spacial score (nSPS) is 11.2. The van der Waals surface area contributed by atoms with Crippen molar-refractivity contribution in [2.24, 2.45) is 0 Å². The van der Waals surface area contributed by atoms with Gasteiger partial charge in [0.25, 0.3) is 0 Å². The lowest BCUT2D eigenvalue weighted by molar-refractivity contribution is 0.581. The molecular formula is C11H8BrN3O2S2. The molecule has 98 valence electrons. The largest absolute Gasteiger partial charge is 0.244 e. The van der Waals surface area contributed by atoms with Gasteiger partial charge in [-0.1, -0.05) is 0 Å². The van der Waals surface area contributed by atoms with E-state index in [1.165, 1.54) is 29.7 Å². The van der Waals surface area contributed by atoms with Gasteiger partial charge in [-0.25, -0.2) is 18.1 Å². The molecule has 0 fully saturated rings. The van der Waals surface area contributed by atoms with Gasteiger partial charge < -0.3 is 0 Å². The highest BCUT2D eigenvalue weighted by Crippen LogP contribution is 2.22. The average molecular weight is 358 g/mol. The first-order valence-electron chi connectivity index (χ1n) is 5.10. The second kappa shape index (κ2) is 5.79. The number of nitriles is 1. The molecule has 0 atom stereocenters. The van der Waals surface area contributed by atoms with E-state index < -0.39 is 10.0 Å². The second-order valence-corrected chi connectivity index (χ2v) is 7.13. The highest BCUT2D eigenvalue weighted by molar-refractivity contribution is 9.10. The summed E-state index contributed by atoms with van der Waals surface area (Å²) >= 11 is 4.80. The number of aromatic nitrogens is 1. The van der Waals surface area contributed by atoms with Crippen molar-refractivity contribution in [2.75, 3.05) is 0 Å². The molecule has 2 aromatic heterocycles. The summed E-state index contributed by atoms with van der Waals surface area (Å²) in [6.07, 6.45) is 1.17. The van der Waals surface area contributed by atoms with E-state index in [0.717, 1.165) is 9.35 Å². The fourth-order valence-electron chi connectivity index (χ4n) is 1.30. The lowest BCUT2D eigenvalue weighted by atomic mass is 10.4. The van der Waals surface area contributed by atoms with Gasteiger partial charge in [-0.2, -0.15) is 5.26 Å². The highest BCUT2D eigenvalue weighted by atomic mass is 79.9. The minimum absolute atomic E-state index is 0.0409. The zero-order chi connectivity index (χ0) is 13.9. The first-order valence-corrected chi connectivity index (χ1v) is 8.26. The van der Waals surface area contributed by atoms with Gasteiger partial charge in [0.15, 0.2) is 0 Å². The first-order chi connectivity index (χ1) is 9.03. The summed E-state index contributed by atoms with van der Waals surface area (Å²) in [7, 11) is -3.61. The van der Waals surface area contributed by atoms with Crippen LogP contribution in [0.5, 0.6) is 0 Å². The summed E-state index contributed by atoms with van der Waals surface area (Å²) in [5, 5.41) is 10.5. The van der Waals surface area contributed by atoms with Crippen molar-refractivity contribution in [1.82, 2.24) is 9.71 Å². The highest BCUT2D eigenvalue weighted by Gasteiger charge is 2.15. The Balaban J connectivity index is 2.14. The van der Waals surface area contributed by atoms with Crippen molar-refractivity contribution in [3.05, 3.63) is 44.8 Å². The number of nitrogens with zero attached hydrogens (tertiary/aromatic N) is 2. The SMILES string of the molecule is N#Cc1ccc(S(=O)(=O)NCc2sccc2Br)cn1. The monoisotopic (exact) mass is 357 g/mol. The topological polar surface area (TPSA) is 82.8 Å². The van der Waals surface area contributed by atoms with E-state index in [2.05, 4.69) is 25.6 Å². The molecule has 8 heteroatoms. The molecule has 0 amide bonds. The van der Waals surface area contributed by atoms with Gasteiger partial charge in [0.1, 0.15) is 16.7 Å². The third-order valence-electron chi connectivity index (χ3n) is 2.27. The van der Waals surface area contributed by atoms with Gasteiger partial charge >= 0.3 is 0 Å². The van der Waals surface area contributed by atoms with Crippen LogP contribution in [0.25, 0.3) is 0 Å². The Kier molecular flexibility index (Phi) is 4.31. The van der Waals surface area contributed by atoms with Crippen molar-refractivity contribution < 1.29 is 8.42 Å². The maximum atomic E-state index is 12.0. The average Bonchev–Trinajstić information content (AvgIpc) is 2.82. The molecule has 0 aliphatic heterocycles. The van der Waals surface area contributed by atoms with Crippen molar-refractivity contribution in [2.45, 2.75) is 11.4 Å². The summed E-state index contributed by atoms with van der Waals surface area (Å²) < 4.78 is 27.3. The van der Waals surface area contributed by atoms with Crippen molar-refractivity contribution in [3.63, 3.8) is 0 Å². The molecule has 0 spiro atoms. The van der Waals surface area contributed by atoms with Crippen molar-refractivity contribution >= 4 is 37.3 Å². The zero-order valence-corrected chi connectivity index (χ0v) is 12.7. The van der Waals surface area contributed by atoms with Gasteiger partial charge in [-0.3, -0.25) is 0 Å². The third kappa shape index (κ3) is 3.39. The Hall–Kier alpha value is -1.27. The number of sulfonamides is 1. The number of pyridine rings is 1. The van der Waals surface area contributed by atoms with Crippen molar-refractivity contribution in [1.29, 1.82) is 5.26 Å². The van der Waals surface area contributed by atoms with Gasteiger partial charge in [-0.05, 0) is 39.5 Å². The lowest BCUT2D eigenvalue weighted by Gasteiger charge is -2.05. The molecule has 0 bridgehead atoms. The molecule has 19 heavy (non-hydrogen) atoms. The smallest absolute Gasteiger partial charge is 0.242 e. The second-order valence-electron chi connectivity index (χ2n) is 3.51. The lowest BCUT2D eigenvalue weighted by Crippen LogP contribution is -2.23. The summed E-state index contributed by atoms with van der Waals surface area (Å²) in [6.45, 7) is 0.209. The summed E-state index contributed by atoms with van der Waals surface area (Å²) in [5.74, 6) is 0. The van der Waals surface area contributed by atoms with Gasteiger partial charge in [-0.15, -0.1) is 11.3 Å². The van der Waals surface area contributed by atoms with Crippen LogP contribution < -0.4 is 4.72 Å². The van der Waals surface area contributed by atoms with Gasteiger partial charge in [0, 0.05) is 22.1 Å². The molecular weight excluding hydrogens is 350 g/mol. The standard InChI is InChI=1S/C11H8BrN3O2S2/c12-10-3-4-18-11(10)7-15-19(16,17)9-2-1-8(5-13)14-6-9/h1-4,6,15H,7H2. The van der Waals surface area contributed by atoms with Crippen LogP contribution in [0.1, 0.15) is 10.6 Å². The van der Waals surface area contributed by atoms with E-state index in [9.17, 15) is 8.42 Å². The number of halogens is 1. The molecule has 1 N–H and O–H groups in total. The molecule has 0 radical (unpaired) electrons. The van der Waals surface area contributed by atoms with E-state index in [0.29, 0.717) is 0 Å².